The second-order valence-corrected chi connectivity index (χ2v) is 7.22. The van der Waals surface area contributed by atoms with Crippen LogP contribution in [0.3, 0.4) is 0 Å². The predicted molar refractivity (Wildman–Crippen MR) is 107 cm³/mol. The summed E-state index contributed by atoms with van der Waals surface area (Å²) in [5.74, 6) is 0.701. The lowest BCUT2D eigenvalue weighted by Crippen LogP contribution is -2.36. The first-order valence-electron chi connectivity index (χ1n) is 9.56. The van der Waals surface area contributed by atoms with Crippen LogP contribution in [0, 0.1) is 6.92 Å². The van der Waals surface area contributed by atoms with Crippen molar-refractivity contribution in [1.29, 1.82) is 0 Å². The van der Waals surface area contributed by atoms with E-state index in [0.717, 1.165) is 25.2 Å². The zero-order valence-electron chi connectivity index (χ0n) is 15.8. The van der Waals surface area contributed by atoms with Crippen LogP contribution in [0.2, 0.25) is 0 Å². The number of nitrogens with one attached hydrogen (secondary N) is 1. The molecule has 6 nitrogen and oxygen atoms in total. The number of benzene rings is 1. The third-order valence-corrected chi connectivity index (χ3v) is 5.38. The predicted octanol–water partition coefficient (Wildman–Crippen LogP) is 3.45. The van der Waals surface area contributed by atoms with Crippen molar-refractivity contribution in [3.05, 3.63) is 95.6 Å². The van der Waals surface area contributed by atoms with E-state index in [1.165, 1.54) is 22.5 Å². The van der Waals surface area contributed by atoms with Crippen molar-refractivity contribution in [3.63, 3.8) is 0 Å². The number of hydrogen-bond acceptors (Lipinski definition) is 4. The Morgan fingerprint density at radius 3 is 2.68 bits per heavy atom. The van der Waals surface area contributed by atoms with Crippen molar-refractivity contribution in [2.45, 2.75) is 25.9 Å². The fourth-order valence-electron chi connectivity index (χ4n) is 3.98. The summed E-state index contributed by atoms with van der Waals surface area (Å²) in [7, 11) is 0. The summed E-state index contributed by atoms with van der Waals surface area (Å²) in [6.45, 7) is 3.89. The molecule has 6 heteroatoms. The number of aromatic nitrogens is 5. The maximum Gasteiger partial charge on any atom is 0.233 e. The molecule has 3 aromatic heterocycles. The van der Waals surface area contributed by atoms with Gasteiger partial charge in [-0.1, -0.05) is 29.8 Å². The standard InChI is InChI=1S/C22H22N6/c1-16-5-7-17(8-6-16)21-20-19(25-15-26-20)9-13-27(21)14-18-4-2-12-28(18)22-23-10-3-11-24-22/h2-8,10-12,15,21H,9,13-14H2,1H3,(H,25,26)/t21-/m1/s1. The van der Waals surface area contributed by atoms with Gasteiger partial charge in [0.15, 0.2) is 0 Å². The number of imidazole rings is 1. The van der Waals surface area contributed by atoms with E-state index in [2.05, 4.69) is 72.7 Å². The monoisotopic (exact) mass is 370 g/mol. The smallest absolute Gasteiger partial charge is 0.233 e. The van der Waals surface area contributed by atoms with Crippen LogP contribution in [0.5, 0.6) is 0 Å². The van der Waals surface area contributed by atoms with Crippen molar-refractivity contribution in [2.75, 3.05) is 6.54 Å². The molecule has 0 radical (unpaired) electrons. The highest BCUT2D eigenvalue weighted by atomic mass is 15.2. The molecule has 0 unspecified atom stereocenters. The van der Waals surface area contributed by atoms with E-state index in [9.17, 15) is 0 Å². The molecule has 1 atom stereocenters. The van der Waals surface area contributed by atoms with Gasteiger partial charge in [0.2, 0.25) is 5.95 Å². The van der Waals surface area contributed by atoms with Crippen LogP contribution in [0.25, 0.3) is 5.95 Å². The summed E-state index contributed by atoms with van der Waals surface area (Å²) in [4.78, 5) is 19.3. The van der Waals surface area contributed by atoms with Gasteiger partial charge in [-0.05, 0) is 30.7 Å². The molecular formula is C22H22N6. The van der Waals surface area contributed by atoms with E-state index in [-0.39, 0.29) is 6.04 Å². The van der Waals surface area contributed by atoms with E-state index >= 15 is 0 Å². The SMILES string of the molecule is Cc1ccc([C@@H]2c3nc[nH]c3CCN2Cc2cccn2-c2ncccn2)cc1. The minimum absolute atomic E-state index is 0.135. The Balaban J connectivity index is 1.51. The van der Waals surface area contributed by atoms with Crippen molar-refractivity contribution in [2.24, 2.45) is 0 Å². The van der Waals surface area contributed by atoms with Gasteiger partial charge in [-0.15, -0.1) is 0 Å². The Morgan fingerprint density at radius 2 is 1.86 bits per heavy atom. The van der Waals surface area contributed by atoms with Gasteiger partial charge in [0, 0.05) is 49.5 Å². The summed E-state index contributed by atoms with van der Waals surface area (Å²) in [5, 5.41) is 0. The number of H-pyrrole nitrogens is 1. The topological polar surface area (TPSA) is 62.6 Å². The van der Waals surface area contributed by atoms with Crippen LogP contribution in [-0.2, 0) is 13.0 Å². The highest BCUT2D eigenvalue weighted by molar-refractivity contribution is 5.34. The van der Waals surface area contributed by atoms with Gasteiger partial charge in [0.05, 0.1) is 18.1 Å². The van der Waals surface area contributed by atoms with Gasteiger partial charge in [-0.3, -0.25) is 9.47 Å². The van der Waals surface area contributed by atoms with Crippen molar-refractivity contribution in [3.8, 4) is 5.95 Å². The largest absolute Gasteiger partial charge is 0.348 e. The van der Waals surface area contributed by atoms with E-state index < -0.39 is 0 Å². The zero-order valence-corrected chi connectivity index (χ0v) is 15.8. The first kappa shape index (κ1) is 16.9. The summed E-state index contributed by atoms with van der Waals surface area (Å²) in [6.07, 6.45) is 8.36. The number of nitrogens with zero attached hydrogens (tertiary/aromatic N) is 5. The highest BCUT2D eigenvalue weighted by Crippen LogP contribution is 2.34. The van der Waals surface area contributed by atoms with Crippen molar-refractivity contribution < 1.29 is 0 Å². The second kappa shape index (κ2) is 7.05. The first-order chi connectivity index (χ1) is 13.8. The molecule has 0 aliphatic carbocycles. The third kappa shape index (κ3) is 3.01. The zero-order chi connectivity index (χ0) is 18.9. The van der Waals surface area contributed by atoms with Gasteiger partial charge >= 0.3 is 0 Å². The molecule has 1 aromatic carbocycles. The second-order valence-electron chi connectivity index (χ2n) is 7.22. The summed E-state index contributed by atoms with van der Waals surface area (Å²) >= 11 is 0. The molecule has 0 saturated carbocycles. The minimum Gasteiger partial charge on any atom is -0.348 e. The molecule has 0 spiro atoms. The molecule has 28 heavy (non-hydrogen) atoms. The molecule has 4 heterocycles. The van der Waals surface area contributed by atoms with Gasteiger partial charge in [0.1, 0.15) is 0 Å². The summed E-state index contributed by atoms with van der Waals surface area (Å²) < 4.78 is 2.06. The van der Waals surface area contributed by atoms with Crippen LogP contribution in [0.4, 0.5) is 0 Å². The number of aryl methyl sites for hydroxylation is 1. The molecule has 4 aromatic rings. The first-order valence-corrected chi connectivity index (χ1v) is 9.56. The average Bonchev–Trinajstić information content (AvgIpc) is 3.39. The molecule has 0 fully saturated rings. The van der Waals surface area contributed by atoms with E-state index in [4.69, 9.17) is 0 Å². The fourth-order valence-corrected chi connectivity index (χ4v) is 3.98. The summed E-state index contributed by atoms with van der Waals surface area (Å²) in [6, 6.07) is 15.0. The number of rotatable bonds is 4. The van der Waals surface area contributed by atoms with Crippen LogP contribution < -0.4 is 0 Å². The van der Waals surface area contributed by atoms with Crippen LogP contribution >= 0.6 is 0 Å². The molecule has 0 saturated heterocycles. The van der Waals surface area contributed by atoms with Crippen LogP contribution in [0.15, 0.2) is 67.4 Å². The van der Waals surface area contributed by atoms with Crippen LogP contribution in [-0.4, -0.2) is 35.9 Å². The Bertz CT molecular complexity index is 1060. The molecule has 5 rings (SSSR count). The quantitative estimate of drug-likeness (QED) is 0.598. The molecule has 0 amide bonds. The van der Waals surface area contributed by atoms with Crippen molar-refractivity contribution in [1.82, 2.24) is 29.4 Å². The van der Waals surface area contributed by atoms with E-state index in [1.807, 2.05) is 18.6 Å². The molecular weight excluding hydrogens is 348 g/mol. The Kier molecular flexibility index (Phi) is 4.25. The Hall–Kier alpha value is -3.25. The van der Waals surface area contributed by atoms with Gasteiger partial charge in [-0.2, -0.15) is 0 Å². The van der Waals surface area contributed by atoms with Crippen LogP contribution in [0.1, 0.15) is 34.3 Å². The minimum atomic E-state index is 0.135. The lowest BCUT2D eigenvalue weighted by atomic mass is 9.95. The van der Waals surface area contributed by atoms with E-state index in [1.54, 1.807) is 12.4 Å². The third-order valence-electron chi connectivity index (χ3n) is 5.38. The number of aromatic amines is 1. The lowest BCUT2D eigenvalue weighted by Gasteiger charge is -2.35. The average molecular weight is 370 g/mol. The van der Waals surface area contributed by atoms with E-state index in [0.29, 0.717) is 5.95 Å². The molecule has 1 N–H and O–H groups in total. The van der Waals surface area contributed by atoms with Gasteiger partial charge < -0.3 is 4.98 Å². The maximum atomic E-state index is 4.67. The Labute approximate surface area is 163 Å². The molecule has 0 bridgehead atoms. The molecule has 1 aliphatic rings. The Morgan fingerprint density at radius 1 is 1.04 bits per heavy atom. The highest BCUT2D eigenvalue weighted by Gasteiger charge is 2.31. The normalized spacial score (nSPS) is 16.8. The summed E-state index contributed by atoms with van der Waals surface area (Å²) in [5.41, 5.74) is 6.08. The van der Waals surface area contributed by atoms with Gasteiger partial charge in [0.25, 0.3) is 0 Å². The van der Waals surface area contributed by atoms with Gasteiger partial charge in [-0.25, -0.2) is 15.0 Å². The number of hydrogen-bond donors (Lipinski definition) is 1. The lowest BCUT2D eigenvalue weighted by molar-refractivity contribution is 0.197. The molecule has 140 valence electrons. The maximum absolute atomic E-state index is 4.67. The fraction of sp³-hybridized carbons (Fsp3) is 0.227. The van der Waals surface area contributed by atoms with Crippen molar-refractivity contribution >= 4 is 0 Å². The molecule has 1 aliphatic heterocycles. The number of fused-ring (bicyclic) bond motifs is 1.